The number of hydrogen-bond donors (Lipinski definition) is 1. The van der Waals surface area contributed by atoms with E-state index < -0.39 is 22.5 Å². The van der Waals surface area contributed by atoms with E-state index in [4.69, 9.17) is 0 Å². The summed E-state index contributed by atoms with van der Waals surface area (Å²) in [6.45, 7) is 0.943. The Balaban J connectivity index is 1.59. The summed E-state index contributed by atoms with van der Waals surface area (Å²) in [6, 6.07) is 21.8. The molecule has 0 bridgehead atoms. The molecule has 0 spiro atoms. The molecule has 0 aliphatic carbocycles. The highest BCUT2D eigenvalue weighted by atomic mass is 127. The number of rotatable bonds is 7. The number of halogens is 1. The number of benzene rings is 3. The molecule has 188 valence electrons. The fraction of sp³-hybridized carbons (Fsp3) is 0.259. The lowest BCUT2D eigenvalue weighted by Gasteiger charge is -2.25. The van der Waals surface area contributed by atoms with Gasteiger partial charge in [-0.15, -0.1) is 0 Å². The minimum atomic E-state index is -4.01. The van der Waals surface area contributed by atoms with Crippen LogP contribution in [-0.4, -0.2) is 44.8 Å². The molecule has 3 aromatic carbocycles. The Morgan fingerprint density at radius 2 is 1.44 bits per heavy atom. The largest absolute Gasteiger partial charge is 0.339 e. The highest BCUT2D eigenvalue weighted by molar-refractivity contribution is 14.1. The quantitative estimate of drug-likeness (QED) is 0.372. The summed E-state index contributed by atoms with van der Waals surface area (Å²) in [7, 11) is -4.01. The smallest absolute Gasteiger partial charge is 0.264 e. The van der Waals surface area contributed by atoms with Crippen molar-refractivity contribution in [3.8, 4) is 0 Å². The van der Waals surface area contributed by atoms with E-state index in [2.05, 4.69) is 27.9 Å². The van der Waals surface area contributed by atoms with E-state index in [9.17, 15) is 18.0 Å². The van der Waals surface area contributed by atoms with Gasteiger partial charge < -0.3 is 10.2 Å². The summed E-state index contributed by atoms with van der Waals surface area (Å²) in [5.41, 5.74) is 1.15. The van der Waals surface area contributed by atoms with Crippen molar-refractivity contribution in [3.05, 3.63) is 88.0 Å². The van der Waals surface area contributed by atoms with Crippen molar-refractivity contribution >= 4 is 55.8 Å². The van der Waals surface area contributed by atoms with Gasteiger partial charge in [0, 0.05) is 16.7 Å². The van der Waals surface area contributed by atoms with Crippen LogP contribution in [0.4, 0.5) is 11.4 Å². The van der Waals surface area contributed by atoms with Crippen LogP contribution in [0.5, 0.6) is 0 Å². The van der Waals surface area contributed by atoms with Crippen molar-refractivity contribution in [1.82, 2.24) is 4.90 Å². The number of carbonyl (C=O) groups excluding carboxylic acids is 2. The van der Waals surface area contributed by atoms with Gasteiger partial charge in [0.1, 0.15) is 6.54 Å². The summed E-state index contributed by atoms with van der Waals surface area (Å²) < 4.78 is 29.0. The maximum absolute atomic E-state index is 13.5. The van der Waals surface area contributed by atoms with Gasteiger partial charge in [0.15, 0.2) is 0 Å². The predicted molar refractivity (Wildman–Crippen MR) is 150 cm³/mol. The topological polar surface area (TPSA) is 86.8 Å². The number of para-hydroxylation sites is 1. The van der Waals surface area contributed by atoms with E-state index in [1.807, 2.05) is 4.90 Å². The summed E-state index contributed by atoms with van der Waals surface area (Å²) in [6.07, 6.45) is 4.13. The molecule has 4 rings (SSSR count). The normalized spacial score (nSPS) is 14.1. The Morgan fingerprint density at radius 3 is 2.11 bits per heavy atom. The first-order valence-electron chi connectivity index (χ1n) is 11.9. The minimum Gasteiger partial charge on any atom is -0.339 e. The number of nitrogens with one attached hydrogen (secondary N) is 1. The van der Waals surface area contributed by atoms with Gasteiger partial charge in [-0.05, 0) is 84.0 Å². The van der Waals surface area contributed by atoms with Crippen LogP contribution in [0.25, 0.3) is 0 Å². The lowest BCUT2D eigenvalue weighted by atomic mass is 10.1. The van der Waals surface area contributed by atoms with E-state index >= 15 is 0 Å². The van der Waals surface area contributed by atoms with Crippen LogP contribution < -0.4 is 9.62 Å². The van der Waals surface area contributed by atoms with Gasteiger partial charge >= 0.3 is 0 Å². The predicted octanol–water partition coefficient (Wildman–Crippen LogP) is 5.14. The zero-order valence-corrected chi connectivity index (χ0v) is 22.7. The first kappa shape index (κ1) is 26.2. The molecule has 0 saturated carbocycles. The monoisotopic (exact) mass is 617 g/mol. The highest BCUT2D eigenvalue weighted by Gasteiger charge is 2.28. The molecule has 1 fully saturated rings. The van der Waals surface area contributed by atoms with Crippen molar-refractivity contribution in [2.75, 3.05) is 29.3 Å². The number of anilines is 2. The maximum atomic E-state index is 13.5. The highest BCUT2D eigenvalue weighted by Crippen LogP contribution is 2.25. The molecule has 1 aliphatic rings. The van der Waals surface area contributed by atoms with Crippen LogP contribution in [0.2, 0.25) is 0 Å². The van der Waals surface area contributed by atoms with Gasteiger partial charge in [0.05, 0.1) is 21.8 Å². The number of sulfonamides is 1. The first-order valence-corrected chi connectivity index (χ1v) is 14.4. The number of amides is 2. The van der Waals surface area contributed by atoms with Crippen molar-refractivity contribution in [1.29, 1.82) is 0 Å². The summed E-state index contributed by atoms with van der Waals surface area (Å²) in [5.74, 6) is -0.664. The summed E-state index contributed by atoms with van der Waals surface area (Å²) >= 11 is 2.14. The van der Waals surface area contributed by atoms with Crippen LogP contribution >= 0.6 is 22.6 Å². The number of carbonyl (C=O) groups is 2. The molecule has 2 amide bonds. The Kier molecular flexibility index (Phi) is 8.63. The van der Waals surface area contributed by atoms with Gasteiger partial charge in [-0.25, -0.2) is 8.42 Å². The second-order valence-corrected chi connectivity index (χ2v) is 11.7. The molecule has 0 radical (unpaired) electrons. The van der Waals surface area contributed by atoms with E-state index in [-0.39, 0.29) is 10.8 Å². The molecule has 36 heavy (non-hydrogen) atoms. The third-order valence-corrected chi connectivity index (χ3v) is 8.57. The van der Waals surface area contributed by atoms with Crippen LogP contribution in [0.15, 0.2) is 83.8 Å². The Hall–Kier alpha value is -2.92. The zero-order chi connectivity index (χ0) is 25.5. The van der Waals surface area contributed by atoms with Crippen molar-refractivity contribution in [3.63, 3.8) is 0 Å². The van der Waals surface area contributed by atoms with Crippen molar-refractivity contribution in [2.45, 2.75) is 30.6 Å². The van der Waals surface area contributed by atoms with Gasteiger partial charge in [0.25, 0.3) is 15.9 Å². The summed E-state index contributed by atoms with van der Waals surface area (Å²) in [4.78, 5) is 28.4. The fourth-order valence-electron chi connectivity index (χ4n) is 4.18. The molecular formula is C27H28IN3O4S. The molecular weight excluding hydrogens is 589 g/mol. The first-order chi connectivity index (χ1) is 17.4. The van der Waals surface area contributed by atoms with Crippen molar-refractivity contribution in [2.24, 2.45) is 0 Å². The number of hydrogen-bond acceptors (Lipinski definition) is 4. The minimum absolute atomic E-state index is 0.0908. The van der Waals surface area contributed by atoms with E-state index in [0.29, 0.717) is 30.0 Å². The Morgan fingerprint density at radius 1 is 0.833 bits per heavy atom. The molecule has 1 heterocycles. The van der Waals surface area contributed by atoms with Crippen LogP contribution in [0.3, 0.4) is 0 Å². The van der Waals surface area contributed by atoms with Gasteiger partial charge in [-0.3, -0.25) is 13.9 Å². The Labute approximate surface area is 225 Å². The third kappa shape index (κ3) is 6.25. The summed E-state index contributed by atoms with van der Waals surface area (Å²) in [5, 5.41) is 2.79. The molecule has 0 atom stereocenters. The molecule has 0 unspecified atom stereocenters. The van der Waals surface area contributed by atoms with Crippen LogP contribution in [0.1, 0.15) is 36.0 Å². The average molecular weight is 618 g/mol. The zero-order valence-electron chi connectivity index (χ0n) is 19.8. The lowest BCUT2D eigenvalue weighted by Crippen LogP contribution is -2.38. The van der Waals surface area contributed by atoms with E-state index in [0.717, 1.165) is 33.6 Å². The molecule has 0 aromatic heterocycles. The second kappa shape index (κ2) is 11.9. The lowest BCUT2D eigenvalue weighted by molar-refractivity contribution is -0.114. The van der Waals surface area contributed by atoms with E-state index in [1.54, 1.807) is 66.7 Å². The van der Waals surface area contributed by atoms with Gasteiger partial charge in [0.2, 0.25) is 5.91 Å². The maximum Gasteiger partial charge on any atom is 0.264 e. The molecule has 1 aliphatic heterocycles. The molecule has 9 heteroatoms. The molecule has 1 N–H and O–H groups in total. The molecule has 1 saturated heterocycles. The molecule has 7 nitrogen and oxygen atoms in total. The van der Waals surface area contributed by atoms with E-state index in [1.165, 1.54) is 12.1 Å². The number of likely N-dealkylation sites (tertiary alicyclic amines) is 1. The van der Waals surface area contributed by atoms with Gasteiger partial charge in [-0.2, -0.15) is 0 Å². The molecule has 3 aromatic rings. The SMILES string of the molecule is O=C(CN(c1ccc(I)cc1)S(=O)(=O)c1ccccc1)Nc1ccccc1C(=O)N1CCCCCC1. The van der Waals surface area contributed by atoms with Crippen molar-refractivity contribution < 1.29 is 18.0 Å². The average Bonchev–Trinajstić information content (AvgIpc) is 3.18. The number of nitrogens with zero attached hydrogens (tertiary/aromatic N) is 2. The van der Waals surface area contributed by atoms with Gasteiger partial charge in [-0.1, -0.05) is 43.2 Å². The fourth-order valence-corrected chi connectivity index (χ4v) is 5.99. The van der Waals surface area contributed by atoms with Crippen LogP contribution in [0, 0.1) is 3.57 Å². The van der Waals surface area contributed by atoms with Crippen LogP contribution in [-0.2, 0) is 14.8 Å². The third-order valence-electron chi connectivity index (χ3n) is 6.06. The second-order valence-electron chi connectivity index (χ2n) is 8.60. The Bertz CT molecular complexity index is 1310. The standard InChI is InChI=1S/C27H28IN3O4S/c28-21-14-16-22(17-15-21)31(36(34,35)23-10-4-3-5-11-23)20-26(32)29-25-13-7-6-12-24(25)27(33)30-18-8-1-2-9-19-30/h3-7,10-17H,1-2,8-9,18-20H2,(H,29,32).